The minimum atomic E-state index is -0.306. The molecular formula is C18H20FN3O2. The van der Waals surface area contributed by atoms with Crippen LogP contribution < -0.4 is 4.74 Å². The number of piperidine rings is 1. The first-order valence-corrected chi connectivity index (χ1v) is 8.06. The Balaban J connectivity index is 1.74. The number of hydrogen-bond donors (Lipinski definition) is 0. The molecule has 1 amide bonds. The number of benzene rings is 1. The molecule has 24 heavy (non-hydrogen) atoms. The summed E-state index contributed by atoms with van der Waals surface area (Å²) in [5, 5.41) is 0. The molecule has 0 spiro atoms. The summed E-state index contributed by atoms with van der Waals surface area (Å²) in [4.78, 5) is 22.3. The number of likely N-dealkylation sites (tertiary alicyclic amines) is 1. The summed E-state index contributed by atoms with van der Waals surface area (Å²) in [7, 11) is 0. The van der Waals surface area contributed by atoms with E-state index < -0.39 is 0 Å². The Hall–Kier alpha value is -2.50. The fourth-order valence-electron chi connectivity index (χ4n) is 2.87. The van der Waals surface area contributed by atoms with E-state index in [0.717, 1.165) is 37.4 Å². The molecule has 0 aliphatic carbocycles. The molecule has 0 radical (unpaired) electrons. The number of rotatable bonds is 3. The van der Waals surface area contributed by atoms with Gasteiger partial charge in [0.15, 0.2) is 0 Å². The zero-order valence-electron chi connectivity index (χ0n) is 13.8. The predicted molar refractivity (Wildman–Crippen MR) is 87.5 cm³/mol. The molecule has 2 aromatic rings. The highest BCUT2D eigenvalue weighted by molar-refractivity contribution is 5.73. The molecule has 0 bridgehead atoms. The molecule has 1 aromatic carbocycles. The van der Waals surface area contributed by atoms with Crippen molar-refractivity contribution in [3.05, 3.63) is 47.7 Å². The van der Waals surface area contributed by atoms with Crippen LogP contribution in [-0.2, 0) is 4.79 Å². The van der Waals surface area contributed by atoms with E-state index >= 15 is 0 Å². The van der Waals surface area contributed by atoms with Crippen molar-refractivity contribution >= 4 is 5.91 Å². The van der Waals surface area contributed by atoms with Crippen LogP contribution >= 0.6 is 0 Å². The standard InChI is InChI=1S/C18H20FN3O2/c1-12-11-17(24-16-5-3-15(19)4-6-16)21-18(20-12)14-7-9-22(10-8-14)13(2)23/h3-6,11,14H,7-10H2,1-2H3. The van der Waals surface area contributed by atoms with Crippen LogP contribution in [0.25, 0.3) is 0 Å². The van der Waals surface area contributed by atoms with Gasteiger partial charge < -0.3 is 9.64 Å². The van der Waals surface area contributed by atoms with E-state index in [4.69, 9.17) is 4.74 Å². The van der Waals surface area contributed by atoms with Crippen LogP contribution in [0.2, 0.25) is 0 Å². The van der Waals surface area contributed by atoms with Gasteiger partial charge in [0.1, 0.15) is 17.4 Å². The van der Waals surface area contributed by atoms with Gasteiger partial charge in [0, 0.05) is 37.7 Å². The van der Waals surface area contributed by atoms with Crippen molar-refractivity contribution in [2.24, 2.45) is 0 Å². The molecular weight excluding hydrogens is 309 g/mol. The molecule has 1 saturated heterocycles. The smallest absolute Gasteiger partial charge is 0.222 e. The van der Waals surface area contributed by atoms with E-state index in [-0.39, 0.29) is 17.6 Å². The Morgan fingerprint density at radius 3 is 2.50 bits per heavy atom. The number of halogens is 1. The van der Waals surface area contributed by atoms with Gasteiger partial charge in [0.25, 0.3) is 0 Å². The number of ether oxygens (including phenoxy) is 1. The van der Waals surface area contributed by atoms with Crippen LogP contribution in [-0.4, -0.2) is 33.9 Å². The first kappa shape index (κ1) is 16.4. The Bertz CT molecular complexity index is 726. The second kappa shape index (κ2) is 6.95. The molecule has 1 aliphatic heterocycles. The van der Waals surface area contributed by atoms with E-state index in [9.17, 15) is 9.18 Å². The maximum absolute atomic E-state index is 13.0. The number of amides is 1. The fraction of sp³-hybridized carbons (Fsp3) is 0.389. The highest BCUT2D eigenvalue weighted by Crippen LogP contribution is 2.28. The molecule has 3 rings (SSSR count). The van der Waals surface area contributed by atoms with Gasteiger partial charge in [-0.15, -0.1) is 0 Å². The Morgan fingerprint density at radius 2 is 1.88 bits per heavy atom. The number of aromatic nitrogens is 2. The van der Waals surface area contributed by atoms with Crippen LogP contribution in [0.15, 0.2) is 30.3 Å². The van der Waals surface area contributed by atoms with Gasteiger partial charge in [0.2, 0.25) is 11.8 Å². The van der Waals surface area contributed by atoms with Gasteiger partial charge in [0.05, 0.1) is 0 Å². The number of carbonyl (C=O) groups excluding carboxylic acids is 1. The van der Waals surface area contributed by atoms with Crippen LogP contribution in [0, 0.1) is 12.7 Å². The third kappa shape index (κ3) is 3.88. The van der Waals surface area contributed by atoms with Gasteiger partial charge in [-0.25, -0.2) is 9.37 Å². The average molecular weight is 329 g/mol. The van der Waals surface area contributed by atoms with Crippen LogP contribution in [0.4, 0.5) is 4.39 Å². The molecule has 0 saturated carbocycles. The molecule has 6 heteroatoms. The summed E-state index contributed by atoms with van der Waals surface area (Å²) in [5.41, 5.74) is 0.825. The molecule has 0 unspecified atom stereocenters. The zero-order valence-corrected chi connectivity index (χ0v) is 13.8. The molecule has 0 N–H and O–H groups in total. The van der Waals surface area contributed by atoms with E-state index in [0.29, 0.717) is 11.6 Å². The lowest BCUT2D eigenvalue weighted by molar-refractivity contribution is -0.129. The second-order valence-corrected chi connectivity index (χ2v) is 6.04. The van der Waals surface area contributed by atoms with Crippen molar-refractivity contribution in [3.63, 3.8) is 0 Å². The summed E-state index contributed by atoms with van der Waals surface area (Å²) >= 11 is 0. The largest absolute Gasteiger partial charge is 0.439 e. The summed E-state index contributed by atoms with van der Waals surface area (Å²) in [6, 6.07) is 7.59. The second-order valence-electron chi connectivity index (χ2n) is 6.04. The predicted octanol–water partition coefficient (Wildman–Crippen LogP) is 3.44. The Kier molecular flexibility index (Phi) is 4.74. The summed E-state index contributed by atoms with van der Waals surface area (Å²) in [6.45, 7) is 4.95. The number of aryl methyl sites for hydroxylation is 1. The van der Waals surface area contributed by atoms with Gasteiger partial charge >= 0.3 is 0 Å². The molecule has 126 valence electrons. The lowest BCUT2D eigenvalue weighted by atomic mass is 9.96. The van der Waals surface area contributed by atoms with Crippen LogP contribution in [0.1, 0.15) is 37.2 Å². The van der Waals surface area contributed by atoms with Crippen molar-refractivity contribution in [3.8, 4) is 11.6 Å². The lowest BCUT2D eigenvalue weighted by Gasteiger charge is -2.30. The molecule has 1 aromatic heterocycles. The summed E-state index contributed by atoms with van der Waals surface area (Å²) in [6.07, 6.45) is 1.69. The van der Waals surface area contributed by atoms with E-state index in [1.54, 1.807) is 25.1 Å². The number of carbonyl (C=O) groups is 1. The summed E-state index contributed by atoms with van der Waals surface area (Å²) < 4.78 is 18.7. The van der Waals surface area contributed by atoms with Gasteiger partial charge in [-0.2, -0.15) is 4.98 Å². The summed E-state index contributed by atoms with van der Waals surface area (Å²) in [5.74, 6) is 1.76. The molecule has 5 nitrogen and oxygen atoms in total. The maximum atomic E-state index is 13.0. The first-order valence-electron chi connectivity index (χ1n) is 8.06. The third-order valence-electron chi connectivity index (χ3n) is 4.19. The minimum Gasteiger partial charge on any atom is -0.439 e. The molecule has 1 fully saturated rings. The quantitative estimate of drug-likeness (QED) is 0.865. The Morgan fingerprint density at radius 1 is 1.21 bits per heavy atom. The zero-order chi connectivity index (χ0) is 17.1. The van der Waals surface area contributed by atoms with E-state index in [2.05, 4.69) is 9.97 Å². The van der Waals surface area contributed by atoms with Crippen molar-refractivity contribution in [2.75, 3.05) is 13.1 Å². The molecule has 0 atom stereocenters. The highest BCUT2D eigenvalue weighted by Gasteiger charge is 2.24. The number of nitrogens with zero attached hydrogens (tertiary/aromatic N) is 3. The first-order chi connectivity index (χ1) is 11.5. The third-order valence-corrected chi connectivity index (χ3v) is 4.19. The lowest BCUT2D eigenvalue weighted by Crippen LogP contribution is -2.36. The van der Waals surface area contributed by atoms with Crippen LogP contribution in [0.3, 0.4) is 0 Å². The Labute approximate surface area is 140 Å². The minimum absolute atomic E-state index is 0.110. The van der Waals surface area contributed by atoms with Crippen molar-refractivity contribution in [1.82, 2.24) is 14.9 Å². The van der Waals surface area contributed by atoms with Crippen molar-refractivity contribution < 1.29 is 13.9 Å². The SMILES string of the molecule is CC(=O)N1CCC(c2nc(C)cc(Oc3ccc(F)cc3)n2)CC1. The topological polar surface area (TPSA) is 55.3 Å². The molecule has 2 heterocycles. The normalized spacial score (nSPS) is 15.4. The monoisotopic (exact) mass is 329 g/mol. The van der Waals surface area contributed by atoms with Crippen molar-refractivity contribution in [1.29, 1.82) is 0 Å². The highest BCUT2D eigenvalue weighted by atomic mass is 19.1. The van der Waals surface area contributed by atoms with Gasteiger partial charge in [-0.3, -0.25) is 4.79 Å². The van der Waals surface area contributed by atoms with Crippen molar-refractivity contribution in [2.45, 2.75) is 32.6 Å². The fourth-order valence-corrected chi connectivity index (χ4v) is 2.87. The maximum Gasteiger partial charge on any atom is 0.222 e. The number of hydrogen-bond acceptors (Lipinski definition) is 4. The van der Waals surface area contributed by atoms with E-state index in [1.807, 2.05) is 11.8 Å². The average Bonchev–Trinajstić information content (AvgIpc) is 2.56. The van der Waals surface area contributed by atoms with Crippen LogP contribution in [0.5, 0.6) is 11.6 Å². The van der Waals surface area contributed by atoms with Gasteiger partial charge in [-0.05, 0) is 44.0 Å². The molecule has 1 aliphatic rings. The van der Waals surface area contributed by atoms with Gasteiger partial charge in [-0.1, -0.05) is 0 Å². The van der Waals surface area contributed by atoms with E-state index in [1.165, 1.54) is 12.1 Å².